The number of hydrogen-bond donors (Lipinski definition) is 2. The quantitative estimate of drug-likeness (QED) is 0.774. The van der Waals surface area contributed by atoms with E-state index < -0.39 is 12.0 Å². The first-order valence-electron chi connectivity index (χ1n) is 8.46. The minimum atomic E-state index is -1.07. The summed E-state index contributed by atoms with van der Waals surface area (Å²) in [7, 11) is 0. The molecule has 0 spiro atoms. The predicted molar refractivity (Wildman–Crippen MR) is 91.1 cm³/mol. The molecule has 2 amide bonds. The molecule has 1 unspecified atom stereocenters. The van der Waals surface area contributed by atoms with Crippen molar-refractivity contribution in [3.8, 4) is 5.75 Å². The van der Waals surface area contributed by atoms with Crippen molar-refractivity contribution < 1.29 is 24.2 Å². The Labute approximate surface area is 147 Å². The second-order valence-electron chi connectivity index (χ2n) is 6.16. The van der Waals surface area contributed by atoms with Crippen molar-refractivity contribution >= 4 is 17.8 Å². The smallest absolute Gasteiger partial charge is 0.325 e. The molecule has 1 saturated heterocycles. The number of likely N-dealkylation sites (tertiary alicyclic amines) is 1. The lowest BCUT2D eigenvalue weighted by atomic mass is 9.96. The van der Waals surface area contributed by atoms with Crippen LogP contribution in [0.25, 0.3) is 0 Å². The second-order valence-corrected chi connectivity index (χ2v) is 6.16. The Kier molecular flexibility index (Phi) is 6.80. The normalized spacial score (nSPS) is 18.3. The van der Waals surface area contributed by atoms with Crippen molar-refractivity contribution in [2.75, 3.05) is 19.7 Å². The van der Waals surface area contributed by atoms with Gasteiger partial charge in [-0.1, -0.05) is 18.2 Å². The third-order valence-corrected chi connectivity index (χ3v) is 4.20. The highest BCUT2D eigenvalue weighted by Crippen LogP contribution is 2.18. The van der Waals surface area contributed by atoms with Gasteiger partial charge in [-0.25, -0.2) is 0 Å². The van der Waals surface area contributed by atoms with E-state index in [1.807, 2.05) is 30.3 Å². The minimum absolute atomic E-state index is 0.0558. The Hall–Kier alpha value is -2.57. The van der Waals surface area contributed by atoms with Gasteiger partial charge in [0.05, 0.1) is 18.9 Å². The maximum atomic E-state index is 12.3. The van der Waals surface area contributed by atoms with Gasteiger partial charge >= 0.3 is 5.97 Å². The Bertz CT molecular complexity index is 605. The maximum absolute atomic E-state index is 12.3. The largest absolute Gasteiger partial charge is 0.493 e. The van der Waals surface area contributed by atoms with Crippen molar-refractivity contribution in [3.63, 3.8) is 0 Å². The first-order chi connectivity index (χ1) is 12.0. The van der Waals surface area contributed by atoms with Crippen molar-refractivity contribution in [2.45, 2.75) is 32.2 Å². The number of aliphatic carboxylic acids is 1. The molecule has 7 heteroatoms. The SMILES string of the molecule is C[C@@H](NC(=O)C1CCCN(C(=O)CCOc2ccccc2)C1)C(=O)O. The standard InChI is InChI=1S/C18H24N2O5/c1-13(18(23)24)19-17(22)14-6-5-10-20(12-14)16(21)9-11-25-15-7-3-2-4-8-15/h2-4,7-8,13-14H,5-6,9-12H2,1H3,(H,19,22)(H,23,24)/t13-,14?/m1/s1. The van der Waals surface area contributed by atoms with Gasteiger partial charge in [0.2, 0.25) is 11.8 Å². The highest BCUT2D eigenvalue weighted by atomic mass is 16.5. The molecule has 1 aliphatic rings. The number of hydrogen-bond acceptors (Lipinski definition) is 4. The number of carboxylic acid groups (broad SMARTS) is 1. The summed E-state index contributed by atoms with van der Waals surface area (Å²) in [6.45, 7) is 2.64. The molecule has 25 heavy (non-hydrogen) atoms. The van der Waals surface area contributed by atoms with E-state index >= 15 is 0 Å². The van der Waals surface area contributed by atoms with Gasteiger partial charge in [-0.05, 0) is 31.9 Å². The van der Waals surface area contributed by atoms with Crippen LogP contribution in [0, 0.1) is 5.92 Å². The summed E-state index contributed by atoms with van der Waals surface area (Å²) >= 11 is 0. The van der Waals surface area contributed by atoms with E-state index in [0.717, 1.165) is 6.42 Å². The molecule has 136 valence electrons. The van der Waals surface area contributed by atoms with Gasteiger partial charge < -0.3 is 20.1 Å². The average molecular weight is 348 g/mol. The van der Waals surface area contributed by atoms with Crippen molar-refractivity contribution in [2.24, 2.45) is 5.92 Å². The fraction of sp³-hybridized carbons (Fsp3) is 0.500. The number of benzene rings is 1. The molecular weight excluding hydrogens is 324 g/mol. The summed E-state index contributed by atoms with van der Waals surface area (Å²) in [6.07, 6.45) is 1.63. The molecular formula is C18H24N2O5. The van der Waals surface area contributed by atoms with Gasteiger partial charge in [0.25, 0.3) is 0 Å². The summed E-state index contributed by atoms with van der Waals surface area (Å²) < 4.78 is 5.53. The first kappa shape index (κ1) is 18.8. The lowest BCUT2D eigenvalue weighted by molar-refractivity contribution is -0.143. The predicted octanol–water partition coefficient (Wildman–Crippen LogP) is 1.28. The molecule has 1 aromatic carbocycles. The number of carboxylic acids is 1. The number of carbonyl (C=O) groups excluding carboxylic acids is 2. The Balaban J connectivity index is 1.78. The molecule has 1 aliphatic heterocycles. The fourth-order valence-corrected chi connectivity index (χ4v) is 2.74. The Morgan fingerprint density at radius 3 is 2.72 bits per heavy atom. The van der Waals surface area contributed by atoms with Gasteiger partial charge in [0.15, 0.2) is 0 Å². The van der Waals surface area contributed by atoms with Crippen LogP contribution in [-0.2, 0) is 14.4 Å². The highest BCUT2D eigenvalue weighted by molar-refractivity contribution is 5.85. The average Bonchev–Trinajstić information content (AvgIpc) is 2.62. The molecule has 7 nitrogen and oxygen atoms in total. The van der Waals surface area contributed by atoms with Gasteiger partial charge in [-0.2, -0.15) is 0 Å². The Morgan fingerprint density at radius 1 is 1.32 bits per heavy atom. The first-order valence-corrected chi connectivity index (χ1v) is 8.46. The maximum Gasteiger partial charge on any atom is 0.325 e. The van der Waals surface area contributed by atoms with Crippen LogP contribution in [0.5, 0.6) is 5.75 Å². The van der Waals surface area contributed by atoms with E-state index in [-0.39, 0.29) is 30.8 Å². The van der Waals surface area contributed by atoms with Crippen LogP contribution in [-0.4, -0.2) is 53.5 Å². The number of nitrogens with zero attached hydrogens (tertiary/aromatic N) is 1. The van der Waals surface area contributed by atoms with Crippen LogP contribution in [0.1, 0.15) is 26.2 Å². The zero-order valence-electron chi connectivity index (χ0n) is 14.3. The number of piperidine rings is 1. The number of nitrogens with one attached hydrogen (secondary N) is 1. The molecule has 0 aromatic heterocycles. The number of ether oxygens (including phenoxy) is 1. The zero-order chi connectivity index (χ0) is 18.2. The van der Waals surface area contributed by atoms with E-state index in [0.29, 0.717) is 25.3 Å². The summed E-state index contributed by atoms with van der Waals surface area (Å²) in [4.78, 5) is 36.9. The topological polar surface area (TPSA) is 95.9 Å². The zero-order valence-corrected chi connectivity index (χ0v) is 14.3. The van der Waals surface area contributed by atoms with Crippen LogP contribution in [0.3, 0.4) is 0 Å². The van der Waals surface area contributed by atoms with Crippen LogP contribution in [0.4, 0.5) is 0 Å². The number of rotatable bonds is 7. The van der Waals surface area contributed by atoms with Gasteiger partial charge in [0.1, 0.15) is 11.8 Å². The van der Waals surface area contributed by atoms with E-state index in [4.69, 9.17) is 9.84 Å². The van der Waals surface area contributed by atoms with Crippen LogP contribution < -0.4 is 10.1 Å². The van der Waals surface area contributed by atoms with E-state index in [1.54, 1.807) is 4.90 Å². The molecule has 1 heterocycles. The van der Waals surface area contributed by atoms with E-state index in [2.05, 4.69) is 5.32 Å². The molecule has 2 N–H and O–H groups in total. The number of carbonyl (C=O) groups is 3. The molecule has 0 bridgehead atoms. The Morgan fingerprint density at radius 2 is 2.04 bits per heavy atom. The van der Waals surface area contributed by atoms with Crippen LogP contribution >= 0.6 is 0 Å². The van der Waals surface area contributed by atoms with Crippen molar-refractivity contribution in [1.29, 1.82) is 0 Å². The van der Waals surface area contributed by atoms with Crippen LogP contribution in [0.2, 0.25) is 0 Å². The number of amides is 2. The van der Waals surface area contributed by atoms with Crippen molar-refractivity contribution in [3.05, 3.63) is 30.3 Å². The highest BCUT2D eigenvalue weighted by Gasteiger charge is 2.29. The molecule has 1 fully saturated rings. The number of para-hydroxylation sites is 1. The van der Waals surface area contributed by atoms with Gasteiger partial charge in [-0.3, -0.25) is 14.4 Å². The summed E-state index contributed by atoms with van der Waals surface area (Å²) in [6, 6.07) is 8.34. The molecule has 2 rings (SSSR count). The molecule has 2 atom stereocenters. The lowest BCUT2D eigenvalue weighted by Gasteiger charge is -2.32. The van der Waals surface area contributed by atoms with Crippen molar-refractivity contribution in [1.82, 2.24) is 10.2 Å². The fourth-order valence-electron chi connectivity index (χ4n) is 2.74. The van der Waals surface area contributed by atoms with E-state index in [9.17, 15) is 14.4 Å². The summed E-state index contributed by atoms with van der Waals surface area (Å²) in [5, 5.41) is 11.3. The third kappa shape index (κ3) is 5.77. The third-order valence-electron chi connectivity index (χ3n) is 4.20. The molecule has 0 aliphatic carbocycles. The molecule has 0 saturated carbocycles. The van der Waals surface area contributed by atoms with Gasteiger partial charge in [0, 0.05) is 13.1 Å². The lowest BCUT2D eigenvalue weighted by Crippen LogP contribution is -2.48. The van der Waals surface area contributed by atoms with Crippen LogP contribution in [0.15, 0.2) is 30.3 Å². The minimum Gasteiger partial charge on any atom is -0.493 e. The molecule has 1 aromatic rings. The second kappa shape index (κ2) is 9.05. The summed E-state index contributed by atoms with van der Waals surface area (Å²) in [5.74, 6) is -1.09. The summed E-state index contributed by atoms with van der Waals surface area (Å²) in [5.41, 5.74) is 0. The van der Waals surface area contributed by atoms with Gasteiger partial charge in [-0.15, -0.1) is 0 Å². The van der Waals surface area contributed by atoms with E-state index in [1.165, 1.54) is 6.92 Å². The molecule has 0 radical (unpaired) electrons. The monoisotopic (exact) mass is 348 g/mol.